The molecule has 16 heavy (non-hydrogen) atoms. The SMILES string of the molecule is COC(=O)CSC1Cc2ccccc2C1N. The Morgan fingerprint density at radius 3 is 3.00 bits per heavy atom. The Balaban J connectivity index is 1.99. The molecule has 1 aromatic rings. The van der Waals surface area contributed by atoms with Crippen molar-refractivity contribution < 1.29 is 9.53 Å². The summed E-state index contributed by atoms with van der Waals surface area (Å²) in [5.41, 5.74) is 8.66. The second kappa shape index (κ2) is 4.89. The first-order valence-electron chi connectivity index (χ1n) is 5.24. The van der Waals surface area contributed by atoms with Gasteiger partial charge in [-0.05, 0) is 17.5 Å². The number of benzene rings is 1. The first-order chi connectivity index (χ1) is 7.72. The molecule has 0 radical (unpaired) electrons. The Morgan fingerprint density at radius 1 is 1.56 bits per heavy atom. The van der Waals surface area contributed by atoms with E-state index in [1.54, 1.807) is 11.8 Å². The van der Waals surface area contributed by atoms with Gasteiger partial charge in [-0.25, -0.2) is 0 Å². The van der Waals surface area contributed by atoms with Crippen molar-refractivity contribution in [2.24, 2.45) is 5.73 Å². The molecule has 0 heterocycles. The highest BCUT2D eigenvalue weighted by molar-refractivity contribution is 8.00. The Bertz CT molecular complexity index is 394. The molecule has 3 nitrogen and oxygen atoms in total. The van der Waals surface area contributed by atoms with Crippen LogP contribution in [0.5, 0.6) is 0 Å². The number of rotatable bonds is 3. The average Bonchev–Trinajstić information content (AvgIpc) is 2.64. The van der Waals surface area contributed by atoms with Crippen molar-refractivity contribution in [3.05, 3.63) is 35.4 Å². The highest BCUT2D eigenvalue weighted by atomic mass is 32.2. The van der Waals surface area contributed by atoms with Crippen molar-refractivity contribution >= 4 is 17.7 Å². The third kappa shape index (κ3) is 2.23. The number of ether oxygens (including phenoxy) is 1. The molecule has 0 saturated heterocycles. The van der Waals surface area contributed by atoms with E-state index in [4.69, 9.17) is 5.73 Å². The van der Waals surface area contributed by atoms with Crippen molar-refractivity contribution in [1.82, 2.24) is 0 Å². The van der Waals surface area contributed by atoms with E-state index in [2.05, 4.69) is 16.9 Å². The maximum atomic E-state index is 11.1. The molecule has 1 aromatic carbocycles. The normalized spacial score (nSPS) is 22.9. The zero-order valence-electron chi connectivity index (χ0n) is 9.18. The van der Waals surface area contributed by atoms with Gasteiger partial charge in [0.2, 0.25) is 0 Å². The number of carbonyl (C=O) groups excluding carboxylic acids is 1. The van der Waals surface area contributed by atoms with E-state index < -0.39 is 0 Å². The zero-order chi connectivity index (χ0) is 11.5. The van der Waals surface area contributed by atoms with Gasteiger partial charge in [0.25, 0.3) is 0 Å². The summed E-state index contributed by atoms with van der Waals surface area (Å²) in [4.78, 5) is 11.1. The predicted octanol–water partition coefficient (Wildman–Crippen LogP) is 1.52. The van der Waals surface area contributed by atoms with Crippen molar-refractivity contribution in [1.29, 1.82) is 0 Å². The van der Waals surface area contributed by atoms with Crippen molar-refractivity contribution in [2.75, 3.05) is 12.9 Å². The molecule has 0 saturated carbocycles. The Kier molecular flexibility index (Phi) is 3.51. The number of thioether (sulfide) groups is 1. The number of fused-ring (bicyclic) bond motifs is 1. The lowest BCUT2D eigenvalue weighted by molar-refractivity contribution is -0.137. The minimum Gasteiger partial charge on any atom is -0.468 e. The van der Waals surface area contributed by atoms with Gasteiger partial charge in [0, 0.05) is 11.3 Å². The van der Waals surface area contributed by atoms with Crippen molar-refractivity contribution in [3.63, 3.8) is 0 Å². The first-order valence-corrected chi connectivity index (χ1v) is 6.29. The molecular formula is C12H15NO2S. The van der Waals surface area contributed by atoms with Crippen LogP contribution in [0.1, 0.15) is 17.2 Å². The summed E-state index contributed by atoms with van der Waals surface area (Å²) in [6.45, 7) is 0. The highest BCUT2D eigenvalue weighted by Crippen LogP contribution is 2.36. The summed E-state index contributed by atoms with van der Waals surface area (Å²) < 4.78 is 4.62. The fourth-order valence-electron chi connectivity index (χ4n) is 1.99. The number of hydrogen-bond acceptors (Lipinski definition) is 4. The molecule has 2 unspecified atom stereocenters. The van der Waals surface area contributed by atoms with Gasteiger partial charge in [0.15, 0.2) is 0 Å². The Hall–Kier alpha value is -1.00. The van der Waals surface area contributed by atoms with E-state index in [-0.39, 0.29) is 17.3 Å². The number of hydrogen-bond donors (Lipinski definition) is 1. The lowest BCUT2D eigenvalue weighted by Crippen LogP contribution is -2.20. The molecule has 1 aliphatic rings. The molecule has 4 heteroatoms. The highest BCUT2D eigenvalue weighted by Gasteiger charge is 2.29. The van der Waals surface area contributed by atoms with E-state index in [0.29, 0.717) is 5.75 Å². The number of nitrogens with two attached hydrogens (primary N) is 1. The molecule has 2 rings (SSSR count). The van der Waals surface area contributed by atoms with Crippen LogP contribution in [-0.4, -0.2) is 24.1 Å². The Labute approximate surface area is 99.4 Å². The molecule has 0 fully saturated rings. The Morgan fingerprint density at radius 2 is 2.31 bits per heavy atom. The molecular weight excluding hydrogens is 222 g/mol. The summed E-state index contributed by atoms with van der Waals surface area (Å²) in [5, 5.41) is 0.288. The van der Waals surface area contributed by atoms with Gasteiger partial charge < -0.3 is 10.5 Å². The minimum absolute atomic E-state index is 0.0332. The fourth-order valence-corrected chi connectivity index (χ4v) is 3.11. The minimum atomic E-state index is -0.187. The summed E-state index contributed by atoms with van der Waals surface area (Å²) in [5.74, 6) is 0.191. The fraction of sp³-hybridized carbons (Fsp3) is 0.417. The van der Waals surface area contributed by atoms with Crippen LogP contribution in [0.4, 0.5) is 0 Å². The number of esters is 1. The van der Waals surface area contributed by atoms with E-state index in [1.165, 1.54) is 18.2 Å². The van der Waals surface area contributed by atoms with E-state index in [1.807, 2.05) is 12.1 Å². The molecule has 2 N–H and O–H groups in total. The number of methoxy groups -OCH3 is 1. The van der Waals surface area contributed by atoms with Crippen molar-refractivity contribution in [3.8, 4) is 0 Å². The first kappa shape index (κ1) is 11.5. The van der Waals surface area contributed by atoms with Crippen LogP contribution >= 0.6 is 11.8 Å². The van der Waals surface area contributed by atoms with Crippen LogP contribution < -0.4 is 5.73 Å². The van der Waals surface area contributed by atoms with Gasteiger partial charge in [0.1, 0.15) is 0 Å². The van der Waals surface area contributed by atoms with Crippen LogP contribution in [0.25, 0.3) is 0 Å². The van der Waals surface area contributed by atoms with Gasteiger partial charge in [-0.1, -0.05) is 24.3 Å². The van der Waals surface area contributed by atoms with Gasteiger partial charge in [-0.2, -0.15) is 0 Å². The van der Waals surface area contributed by atoms with E-state index >= 15 is 0 Å². The molecule has 0 aliphatic heterocycles. The number of carbonyl (C=O) groups is 1. The van der Waals surface area contributed by atoms with Gasteiger partial charge in [0.05, 0.1) is 12.9 Å². The van der Waals surface area contributed by atoms with Crippen LogP contribution in [-0.2, 0) is 16.0 Å². The second-order valence-electron chi connectivity index (χ2n) is 3.85. The lowest BCUT2D eigenvalue weighted by Gasteiger charge is -2.14. The van der Waals surface area contributed by atoms with Gasteiger partial charge in [-0.3, -0.25) is 4.79 Å². The van der Waals surface area contributed by atoms with E-state index in [9.17, 15) is 4.79 Å². The maximum absolute atomic E-state index is 11.1. The zero-order valence-corrected chi connectivity index (χ0v) is 10.00. The molecule has 1 aliphatic carbocycles. The maximum Gasteiger partial charge on any atom is 0.315 e. The topological polar surface area (TPSA) is 52.3 Å². The second-order valence-corrected chi connectivity index (χ2v) is 5.08. The van der Waals surface area contributed by atoms with Crippen LogP contribution in [0.3, 0.4) is 0 Å². The van der Waals surface area contributed by atoms with Crippen LogP contribution in [0.2, 0.25) is 0 Å². The molecule has 2 atom stereocenters. The molecule has 0 spiro atoms. The smallest absolute Gasteiger partial charge is 0.315 e. The monoisotopic (exact) mass is 237 g/mol. The average molecular weight is 237 g/mol. The van der Waals surface area contributed by atoms with E-state index in [0.717, 1.165) is 6.42 Å². The third-order valence-corrected chi connectivity index (χ3v) is 4.17. The van der Waals surface area contributed by atoms with Crippen LogP contribution in [0, 0.1) is 0 Å². The molecule has 0 bridgehead atoms. The molecule has 0 aromatic heterocycles. The van der Waals surface area contributed by atoms with Crippen LogP contribution in [0.15, 0.2) is 24.3 Å². The lowest BCUT2D eigenvalue weighted by atomic mass is 10.1. The summed E-state index contributed by atoms with van der Waals surface area (Å²) in [6, 6.07) is 8.24. The predicted molar refractivity (Wildman–Crippen MR) is 65.3 cm³/mol. The quantitative estimate of drug-likeness (QED) is 0.810. The standard InChI is InChI=1S/C12H15NO2S/c1-15-11(14)7-16-10-6-8-4-2-3-5-9(8)12(10)13/h2-5,10,12H,6-7,13H2,1H3. The summed E-state index contributed by atoms with van der Waals surface area (Å²) in [6.07, 6.45) is 0.943. The van der Waals surface area contributed by atoms with Crippen molar-refractivity contribution in [2.45, 2.75) is 17.7 Å². The van der Waals surface area contributed by atoms with Gasteiger partial charge >= 0.3 is 5.97 Å². The molecule has 86 valence electrons. The van der Waals surface area contributed by atoms with Gasteiger partial charge in [-0.15, -0.1) is 11.8 Å². The molecule has 0 amide bonds. The largest absolute Gasteiger partial charge is 0.468 e. The summed E-state index contributed by atoms with van der Waals surface area (Å²) >= 11 is 1.58. The third-order valence-electron chi connectivity index (χ3n) is 2.88. The summed E-state index contributed by atoms with van der Waals surface area (Å²) in [7, 11) is 1.41.